The maximum atomic E-state index is 15.6. The fourth-order valence-electron chi connectivity index (χ4n) is 14.0. The van der Waals surface area contributed by atoms with Crippen LogP contribution in [0.4, 0.5) is 9.18 Å². The van der Waals surface area contributed by atoms with Gasteiger partial charge in [0.15, 0.2) is 5.60 Å². The molecule has 2 aromatic carbocycles. The summed E-state index contributed by atoms with van der Waals surface area (Å²) in [6.07, 6.45) is 3.25. The number of aliphatic hydroxyl groups is 1. The highest BCUT2D eigenvalue weighted by molar-refractivity contribution is 6.15. The summed E-state index contributed by atoms with van der Waals surface area (Å²) in [5.74, 6) is -6.78. The van der Waals surface area contributed by atoms with Gasteiger partial charge in [0.2, 0.25) is 41.4 Å². The number of nitrogens with one attached hydrogen (secondary N) is 7. The molecule has 1 fully saturated rings. The van der Waals surface area contributed by atoms with Crippen LogP contribution in [0.25, 0.3) is 22.3 Å². The van der Waals surface area contributed by atoms with Crippen molar-refractivity contribution in [3.8, 4) is 11.4 Å². The topological polar surface area (TPSA) is 444 Å². The van der Waals surface area contributed by atoms with Crippen molar-refractivity contribution in [2.24, 2.45) is 11.3 Å². The summed E-state index contributed by atoms with van der Waals surface area (Å²) in [4.78, 5) is 166. The van der Waals surface area contributed by atoms with Crippen LogP contribution in [-0.2, 0) is 136 Å². The minimum absolute atomic E-state index is 0.0241. The summed E-state index contributed by atoms with van der Waals surface area (Å²) >= 11 is 0. The van der Waals surface area contributed by atoms with Gasteiger partial charge in [0.05, 0.1) is 180 Å². The Morgan fingerprint density at radius 3 is 1.78 bits per heavy atom. The van der Waals surface area contributed by atoms with Crippen molar-refractivity contribution in [1.82, 2.24) is 56.6 Å². The molecule has 36 nitrogen and oxygen atoms in total. The molecule has 5 atom stereocenters. The number of rotatable bonds is 53. The number of fused-ring (bicyclic) bond motifs is 5. The Labute approximate surface area is 701 Å². The average Bonchev–Trinajstić information content (AvgIpc) is 1.59. The molecule has 5 heterocycles. The van der Waals surface area contributed by atoms with Crippen molar-refractivity contribution < 1.29 is 119 Å². The lowest BCUT2D eigenvalue weighted by atomic mass is 9.81. The summed E-state index contributed by atoms with van der Waals surface area (Å²) in [7, 11) is 0. The number of aromatic nitrogens is 2. The molecule has 8 N–H and O–H groups in total. The van der Waals surface area contributed by atoms with E-state index in [4.69, 9.17) is 61.8 Å². The third-order valence-electron chi connectivity index (χ3n) is 20.2. The molecule has 3 aliphatic heterocycles. The zero-order valence-corrected chi connectivity index (χ0v) is 70.2. The second kappa shape index (κ2) is 46.4. The van der Waals surface area contributed by atoms with Gasteiger partial charge in [0, 0.05) is 60.7 Å². The molecule has 0 radical (unpaired) electrons. The van der Waals surface area contributed by atoms with Gasteiger partial charge in [-0.25, -0.2) is 19.0 Å². The molecule has 0 bridgehead atoms. The zero-order chi connectivity index (χ0) is 87.2. The number of carbonyl (C=O) groups is 11. The van der Waals surface area contributed by atoms with Crippen LogP contribution in [-0.4, -0.2) is 278 Å². The van der Waals surface area contributed by atoms with E-state index in [1.807, 2.05) is 20.8 Å². The number of halogens is 1. The summed E-state index contributed by atoms with van der Waals surface area (Å²) in [6, 6.07) is 8.58. The van der Waals surface area contributed by atoms with E-state index in [-0.39, 0.29) is 114 Å². The van der Waals surface area contributed by atoms with Crippen molar-refractivity contribution in [3.05, 3.63) is 110 Å². The van der Waals surface area contributed by atoms with Crippen LogP contribution in [0.5, 0.6) is 0 Å². The SMILES string of the molecule is CC[C@@]1(O)C(=O)OCc2c1cc1n(c2=O)Cc2c-1nc1cc(F)c(C)c3c1c2[C@@H](NC(=O)[C@H](CC1CC1)OCNC(=O)CNC(=O)[C@H](Cc1ccccc1)NC(=O)CNC(=O)CNC(=O)CCOCCOCCOCCOCCOCCOCCOCCOCCOCCNC(=O)[C@H](CN(CC(C)(C)C)C(=O)OC(C)(C)C)N1C(=O)C=CC1=O)CC3. The van der Waals surface area contributed by atoms with Gasteiger partial charge >= 0.3 is 12.1 Å². The van der Waals surface area contributed by atoms with Crippen molar-refractivity contribution in [2.75, 3.05) is 165 Å². The number of pyridine rings is 2. The molecule has 2 aromatic heterocycles. The van der Waals surface area contributed by atoms with Gasteiger partial charge in [-0.1, -0.05) is 70.9 Å². The quantitative estimate of drug-likeness (QED) is 0.0120. The molecule has 4 aromatic rings. The zero-order valence-electron chi connectivity index (χ0n) is 70.2. The number of esters is 1. The third kappa shape index (κ3) is 28.9. The second-order valence-corrected chi connectivity index (χ2v) is 31.9. The molecule has 0 saturated heterocycles. The van der Waals surface area contributed by atoms with Gasteiger partial charge in [-0.05, 0) is 93.0 Å². The predicted molar refractivity (Wildman–Crippen MR) is 432 cm³/mol. The normalized spacial score (nSPS) is 16.6. The number of aryl methyl sites for hydroxylation is 1. The molecule has 37 heteroatoms. The Morgan fingerprint density at radius 1 is 0.653 bits per heavy atom. The van der Waals surface area contributed by atoms with Gasteiger partial charge in [-0.15, -0.1) is 0 Å². The highest BCUT2D eigenvalue weighted by Gasteiger charge is 2.47. The fourth-order valence-corrected chi connectivity index (χ4v) is 14.0. The van der Waals surface area contributed by atoms with Crippen molar-refractivity contribution in [1.29, 1.82) is 0 Å². The maximum absolute atomic E-state index is 15.6. The first-order valence-electron chi connectivity index (χ1n) is 41.1. The monoisotopic (exact) mass is 1700 g/mol. The van der Waals surface area contributed by atoms with Crippen LogP contribution in [0.3, 0.4) is 0 Å². The second-order valence-electron chi connectivity index (χ2n) is 31.9. The fraction of sp³-hybridized carbons (Fsp3) is 0.607. The number of benzene rings is 2. The molecule has 2 aliphatic carbocycles. The van der Waals surface area contributed by atoms with Crippen molar-refractivity contribution >= 4 is 76.1 Å². The Bertz CT molecular complexity index is 4340. The number of imide groups is 1. The van der Waals surface area contributed by atoms with Crippen LogP contribution in [0, 0.1) is 24.1 Å². The molecule has 1 saturated carbocycles. The first-order chi connectivity index (χ1) is 57.9. The number of hydrogen-bond donors (Lipinski definition) is 8. The lowest BCUT2D eigenvalue weighted by molar-refractivity contribution is -0.172. The minimum atomic E-state index is -2.07. The molecule has 0 spiro atoms. The van der Waals surface area contributed by atoms with Crippen LogP contribution < -0.4 is 42.8 Å². The van der Waals surface area contributed by atoms with Gasteiger partial charge in [0.1, 0.15) is 42.9 Å². The first kappa shape index (κ1) is 95.0. The van der Waals surface area contributed by atoms with Crippen LogP contribution >= 0.6 is 0 Å². The van der Waals surface area contributed by atoms with Gasteiger partial charge < -0.3 is 109 Å². The van der Waals surface area contributed by atoms with E-state index in [0.717, 1.165) is 35.5 Å². The molecule has 9 rings (SSSR count). The molecular formula is C84H116FN11O25. The number of nitrogens with zero attached hydrogens (tertiary/aromatic N) is 4. The molecule has 0 unspecified atom stereocenters. The van der Waals surface area contributed by atoms with Gasteiger partial charge in [-0.3, -0.25) is 52.8 Å². The largest absolute Gasteiger partial charge is 0.458 e. The van der Waals surface area contributed by atoms with E-state index >= 15 is 4.39 Å². The van der Waals surface area contributed by atoms with Crippen molar-refractivity contribution in [3.63, 3.8) is 0 Å². The predicted octanol–water partition coefficient (Wildman–Crippen LogP) is 2.20. The Balaban J connectivity index is 0.556. The summed E-state index contributed by atoms with van der Waals surface area (Å²) in [5, 5.41) is 30.7. The minimum Gasteiger partial charge on any atom is -0.458 e. The number of amides is 10. The highest BCUT2D eigenvalue weighted by Crippen LogP contribution is 2.46. The highest BCUT2D eigenvalue weighted by atomic mass is 19.1. The first-order valence-corrected chi connectivity index (χ1v) is 41.1. The summed E-state index contributed by atoms with van der Waals surface area (Å²) in [5.41, 5.74) is 0.676. The van der Waals surface area contributed by atoms with E-state index in [9.17, 15) is 62.6 Å². The van der Waals surface area contributed by atoms with Crippen LogP contribution in [0.2, 0.25) is 0 Å². The molecule has 664 valence electrons. The van der Waals surface area contributed by atoms with Gasteiger partial charge in [0.25, 0.3) is 17.4 Å². The van der Waals surface area contributed by atoms with E-state index in [1.165, 1.54) is 15.5 Å². The number of ether oxygens (including phenoxy) is 12. The molecule has 5 aliphatic rings. The Kier molecular flexibility index (Phi) is 36.5. The van der Waals surface area contributed by atoms with Crippen LogP contribution in [0.1, 0.15) is 132 Å². The lowest BCUT2D eigenvalue weighted by Crippen LogP contribution is -2.57. The molecular weight excluding hydrogens is 1580 g/mol. The Hall–Kier alpha value is -9.80. The number of cyclic esters (lactones) is 1. The van der Waals surface area contributed by atoms with Gasteiger partial charge in [-0.2, -0.15) is 0 Å². The summed E-state index contributed by atoms with van der Waals surface area (Å²) < 4.78 is 83.8. The standard InChI is InChI=1S/C84H116FN11O25/c1-9-84(109)59-43-64-75-57(48-95(64)79(106)58(59)50-119-80(84)107)74-61(18-17-56-53(2)60(85)44-62(92-75)73(56)74)93-78(105)66(42-55-15-16-55)120-52-90-69(99)46-89-76(103)63(41-54-13-11-10-12-14-54)91-70(100)47-88-68(98)45-87-67(97)21-23-110-25-27-112-29-31-114-33-35-116-37-39-118-40-38-117-36-34-115-32-30-113-28-26-111-24-22-86-77(104)65(96-71(101)19-20-72(96)102)49-94(51-82(3,4)5)81(108)121-83(6,7)8/h10-14,19-20,43-44,55,61,63,65-66,109H,9,15-18,21-42,45-52H2,1-8H3,(H,86,104)(H,87,97)(H,88,98)(H,89,103)(H,90,99)(H,91,100)(H,93,105)/t61-,63-,65-,66-,84-/m0/s1. The number of carbonyl (C=O) groups excluding carboxylic acids is 11. The van der Waals surface area contributed by atoms with E-state index in [2.05, 4.69) is 37.2 Å². The third-order valence-corrected chi connectivity index (χ3v) is 20.2. The van der Waals surface area contributed by atoms with E-state index in [1.54, 1.807) is 71.0 Å². The molecule has 10 amide bonds. The van der Waals surface area contributed by atoms with Crippen LogP contribution in [0.15, 0.2) is 59.4 Å². The number of hydrogen-bond acceptors (Lipinski definition) is 26. The smallest absolute Gasteiger partial charge is 0.410 e. The lowest BCUT2D eigenvalue weighted by Gasteiger charge is -2.35. The van der Waals surface area contributed by atoms with Crippen molar-refractivity contribution in [2.45, 2.75) is 155 Å². The molecule has 121 heavy (non-hydrogen) atoms. The van der Waals surface area contributed by atoms with E-state index < -0.39 is 138 Å². The summed E-state index contributed by atoms with van der Waals surface area (Å²) in [6.45, 7) is 17.4. The average molecular weight is 1700 g/mol. The van der Waals surface area contributed by atoms with E-state index in [0.29, 0.717) is 143 Å². The maximum Gasteiger partial charge on any atom is 0.410 e. The Morgan fingerprint density at radius 2 is 1.21 bits per heavy atom.